The lowest BCUT2D eigenvalue weighted by Crippen LogP contribution is -2.50. The fourth-order valence-electron chi connectivity index (χ4n) is 5.75. The number of amides is 2. The molecule has 1 spiro atoms. The van der Waals surface area contributed by atoms with Crippen molar-refractivity contribution in [1.82, 2.24) is 14.6 Å². The van der Waals surface area contributed by atoms with Crippen molar-refractivity contribution in [3.8, 4) is 11.5 Å². The van der Waals surface area contributed by atoms with Crippen molar-refractivity contribution >= 4 is 23.6 Å². The van der Waals surface area contributed by atoms with Crippen LogP contribution < -0.4 is 14.3 Å². The van der Waals surface area contributed by atoms with Crippen molar-refractivity contribution in [3.05, 3.63) is 59.2 Å². The second kappa shape index (κ2) is 9.12. The van der Waals surface area contributed by atoms with Crippen molar-refractivity contribution in [2.75, 3.05) is 34.0 Å². The van der Waals surface area contributed by atoms with Gasteiger partial charge in [-0.15, -0.1) is 0 Å². The highest BCUT2D eigenvalue weighted by molar-refractivity contribution is 6.15. The first-order valence-corrected chi connectivity index (χ1v) is 12.1. The molecule has 1 aliphatic carbocycles. The molecular weight excluding hydrogens is 454 g/mol. The summed E-state index contributed by atoms with van der Waals surface area (Å²) in [5.74, 6) is 1.44. The van der Waals surface area contributed by atoms with Crippen LogP contribution in [0.3, 0.4) is 0 Å². The molecule has 2 heterocycles. The van der Waals surface area contributed by atoms with Crippen LogP contribution >= 0.6 is 11.8 Å². The molecule has 0 saturated carbocycles. The summed E-state index contributed by atoms with van der Waals surface area (Å²) >= 11 is 6.02. The van der Waals surface area contributed by atoms with Crippen LogP contribution in [0, 0.1) is 0 Å². The molecule has 34 heavy (non-hydrogen) atoms. The monoisotopic (exact) mass is 483 g/mol. The van der Waals surface area contributed by atoms with Gasteiger partial charge in [0.1, 0.15) is 6.04 Å². The Kier molecular flexibility index (Phi) is 6.16. The maximum atomic E-state index is 13.3. The summed E-state index contributed by atoms with van der Waals surface area (Å²) in [7, 11) is 3.63. The van der Waals surface area contributed by atoms with Gasteiger partial charge in [0.05, 0.1) is 5.92 Å². The van der Waals surface area contributed by atoms with E-state index in [-0.39, 0.29) is 29.9 Å². The number of carbonyl (C=O) groups excluding carboxylic acids is 2. The standard InChI is InChI=1S/C26H30ClN3O4/c1-29(2)24(31)19-15-26(20-6-4-3-5-18(19)20)9-11-30(12-10-26)25(32)21(28-27)13-17-7-8-22-23(14-17)34-16-33-22/h3-8,14,19,21,28H,9-13,15-16H2,1-2H3/t19-,21?/m1/s1. The molecule has 8 heteroatoms. The van der Waals surface area contributed by atoms with Gasteiger partial charge < -0.3 is 19.3 Å². The van der Waals surface area contributed by atoms with E-state index in [1.165, 1.54) is 5.56 Å². The van der Waals surface area contributed by atoms with E-state index in [9.17, 15) is 9.59 Å². The number of benzene rings is 2. The molecule has 2 aromatic rings. The zero-order valence-electron chi connectivity index (χ0n) is 19.6. The molecular formula is C26H30ClN3O4. The van der Waals surface area contributed by atoms with Gasteiger partial charge in [0, 0.05) is 32.6 Å². The third kappa shape index (κ3) is 4.01. The zero-order chi connectivity index (χ0) is 23.9. The molecule has 1 saturated heterocycles. The van der Waals surface area contributed by atoms with Crippen LogP contribution in [0.25, 0.3) is 0 Å². The SMILES string of the molecule is CN(C)C(=O)[C@@H]1CC2(CCN(C(=O)C(Cc3ccc4c(c3)OCO4)NCl)CC2)c2ccccc21. The summed E-state index contributed by atoms with van der Waals surface area (Å²) in [5.41, 5.74) is 3.31. The molecule has 1 unspecified atom stereocenters. The van der Waals surface area contributed by atoms with Crippen LogP contribution in [0.15, 0.2) is 42.5 Å². The minimum absolute atomic E-state index is 0.00489. The summed E-state index contributed by atoms with van der Waals surface area (Å²) in [6, 6.07) is 13.5. The fourth-order valence-corrected chi connectivity index (χ4v) is 5.92. The second-order valence-corrected chi connectivity index (χ2v) is 9.95. The number of likely N-dealkylation sites (N-methyl/N-ethyl adjacent to an activating group) is 1. The Morgan fingerprint density at radius 1 is 1.15 bits per heavy atom. The largest absolute Gasteiger partial charge is 0.454 e. The summed E-state index contributed by atoms with van der Waals surface area (Å²) in [4.78, 5) is 32.5. The van der Waals surface area contributed by atoms with Crippen molar-refractivity contribution < 1.29 is 19.1 Å². The number of ether oxygens (including phenoxy) is 2. The lowest BCUT2D eigenvalue weighted by atomic mass is 9.73. The van der Waals surface area contributed by atoms with Gasteiger partial charge in [-0.1, -0.05) is 30.3 Å². The number of fused-ring (bicyclic) bond motifs is 3. The summed E-state index contributed by atoms with van der Waals surface area (Å²) in [6.07, 6.45) is 2.95. The number of halogens is 1. The van der Waals surface area contributed by atoms with Crippen LogP contribution in [-0.2, 0) is 21.4 Å². The van der Waals surface area contributed by atoms with Crippen LogP contribution in [0.5, 0.6) is 11.5 Å². The van der Waals surface area contributed by atoms with Gasteiger partial charge in [0.2, 0.25) is 18.6 Å². The predicted octanol–water partition coefficient (Wildman–Crippen LogP) is 3.21. The van der Waals surface area contributed by atoms with Crippen LogP contribution in [0.4, 0.5) is 0 Å². The molecule has 0 bridgehead atoms. The van der Waals surface area contributed by atoms with Crippen molar-refractivity contribution in [3.63, 3.8) is 0 Å². The van der Waals surface area contributed by atoms with Crippen molar-refractivity contribution in [2.24, 2.45) is 0 Å². The Morgan fingerprint density at radius 3 is 2.62 bits per heavy atom. The normalized spacial score (nSPS) is 20.8. The molecule has 0 aromatic heterocycles. The first-order valence-electron chi connectivity index (χ1n) is 11.8. The summed E-state index contributed by atoms with van der Waals surface area (Å²) in [6.45, 7) is 1.51. The quantitative estimate of drug-likeness (QED) is 0.661. The van der Waals surface area contributed by atoms with Crippen LogP contribution in [-0.4, -0.2) is 61.6 Å². The molecule has 5 rings (SSSR count). The summed E-state index contributed by atoms with van der Waals surface area (Å²) < 4.78 is 10.8. The van der Waals surface area contributed by atoms with E-state index in [1.54, 1.807) is 4.90 Å². The highest BCUT2D eigenvalue weighted by atomic mass is 35.5. The maximum Gasteiger partial charge on any atom is 0.241 e. The van der Waals surface area contributed by atoms with E-state index in [0.29, 0.717) is 25.3 Å². The zero-order valence-corrected chi connectivity index (χ0v) is 20.3. The van der Waals surface area contributed by atoms with Gasteiger partial charge in [-0.2, -0.15) is 0 Å². The van der Waals surface area contributed by atoms with E-state index in [0.717, 1.165) is 36.1 Å². The highest BCUT2D eigenvalue weighted by Gasteiger charge is 2.48. The highest BCUT2D eigenvalue weighted by Crippen LogP contribution is 2.52. The molecule has 3 aliphatic rings. The van der Waals surface area contributed by atoms with Crippen molar-refractivity contribution in [1.29, 1.82) is 0 Å². The van der Waals surface area contributed by atoms with Gasteiger partial charge in [-0.05, 0) is 66.3 Å². The molecule has 7 nitrogen and oxygen atoms in total. The van der Waals surface area contributed by atoms with E-state index in [4.69, 9.17) is 21.3 Å². The molecule has 1 N–H and O–H groups in total. The number of likely N-dealkylation sites (tertiary alicyclic amines) is 1. The number of hydrogen-bond acceptors (Lipinski definition) is 5. The minimum atomic E-state index is -0.532. The van der Waals surface area contributed by atoms with Gasteiger partial charge in [-0.25, -0.2) is 4.84 Å². The van der Waals surface area contributed by atoms with Crippen molar-refractivity contribution in [2.45, 2.75) is 43.1 Å². The molecule has 2 atom stereocenters. The third-order valence-electron chi connectivity index (χ3n) is 7.58. The summed E-state index contributed by atoms with van der Waals surface area (Å²) in [5, 5.41) is 0. The Bertz CT molecular complexity index is 1100. The average Bonchev–Trinajstić information content (AvgIpc) is 3.45. The first-order chi connectivity index (χ1) is 16.4. The van der Waals surface area contributed by atoms with E-state index in [1.807, 2.05) is 43.3 Å². The predicted molar refractivity (Wildman–Crippen MR) is 129 cm³/mol. The van der Waals surface area contributed by atoms with E-state index >= 15 is 0 Å². The Labute approximate surface area is 205 Å². The van der Waals surface area contributed by atoms with E-state index < -0.39 is 6.04 Å². The minimum Gasteiger partial charge on any atom is -0.454 e. The molecule has 2 aromatic carbocycles. The first kappa shape index (κ1) is 23.0. The average molecular weight is 484 g/mol. The molecule has 2 amide bonds. The second-order valence-electron chi connectivity index (χ2n) is 9.74. The maximum absolute atomic E-state index is 13.3. The third-order valence-corrected chi connectivity index (χ3v) is 7.84. The number of nitrogens with one attached hydrogen (secondary N) is 1. The lowest BCUT2D eigenvalue weighted by Gasteiger charge is -2.41. The topological polar surface area (TPSA) is 71.1 Å². The van der Waals surface area contributed by atoms with Gasteiger partial charge >= 0.3 is 0 Å². The molecule has 1 fully saturated rings. The molecule has 0 radical (unpaired) electrons. The number of piperidine rings is 1. The van der Waals surface area contributed by atoms with Gasteiger partial charge in [0.15, 0.2) is 11.5 Å². The number of hydrogen-bond donors (Lipinski definition) is 1. The van der Waals surface area contributed by atoms with E-state index in [2.05, 4.69) is 23.0 Å². The molecule has 2 aliphatic heterocycles. The van der Waals surface area contributed by atoms with Crippen LogP contribution in [0.1, 0.15) is 41.9 Å². The number of nitrogens with zero attached hydrogens (tertiary/aromatic N) is 2. The van der Waals surface area contributed by atoms with Gasteiger partial charge in [-0.3, -0.25) is 9.59 Å². The van der Waals surface area contributed by atoms with Crippen LogP contribution in [0.2, 0.25) is 0 Å². The lowest BCUT2D eigenvalue weighted by molar-refractivity contribution is -0.135. The Morgan fingerprint density at radius 2 is 1.88 bits per heavy atom. The number of rotatable bonds is 5. The Hall–Kier alpha value is -2.77. The van der Waals surface area contributed by atoms with Gasteiger partial charge in [0.25, 0.3) is 0 Å². The smallest absolute Gasteiger partial charge is 0.241 e. The number of carbonyl (C=O) groups is 2. The fraction of sp³-hybridized carbons (Fsp3) is 0.462. The molecule has 180 valence electrons. The Balaban J connectivity index is 1.28.